The molecule has 0 saturated carbocycles. The van der Waals surface area contributed by atoms with Crippen molar-refractivity contribution in [3.63, 3.8) is 0 Å². The summed E-state index contributed by atoms with van der Waals surface area (Å²) in [5.41, 5.74) is 0.782. The van der Waals surface area contributed by atoms with Crippen molar-refractivity contribution >= 4 is 21.6 Å². The summed E-state index contributed by atoms with van der Waals surface area (Å²) in [4.78, 5) is 0.0612. The van der Waals surface area contributed by atoms with Gasteiger partial charge in [0.1, 0.15) is 18.1 Å². The number of sulfonamides is 1. The van der Waals surface area contributed by atoms with Crippen LogP contribution in [0.1, 0.15) is 18.5 Å². The van der Waals surface area contributed by atoms with Gasteiger partial charge in [-0.1, -0.05) is 29.8 Å². The third-order valence-electron chi connectivity index (χ3n) is 3.52. The summed E-state index contributed by atoms with van der Waals surface area (Å²) in [6.07, 6.45) is 0. The van der Waals surface area contributed by atoms with E-state index in [1.165, 1.54) is 6.07 Å². The van der Waals surface area contributed by atoms with E-state index in [0.29, 0.717) is 24.7 Å². The highest BCUT2D eigenvalue weighted by Crippen LogP contribution is 2.33. The van der Waals surface area contributed by atoms with Gasteiger partial charge >= 0.3 is 0 Å². The highest BCUT2D eigenvalue weighted by atomic mass is 35.5. The maximum absolute atomic E-state index is 12.5. The van der Waals surface area contributed by atoms with E-state index in [1.807, 2.05) is 6.07 Å². The lowest BCUT2D eigenvalue weighted by atomic mass is 10.1. The molecule has 1 heterocycles. The molecule has 0 fully saturated rings. The molecule has 0 aliphatic carbocycles. The third kappa shape index (κ3) is 3.44. The molecule has 0 radical (unpaired) electrons. The first-order chi connectivity index (χ1) is 11.0. The Bertz CT molecular complexity index is 823. The zero-order valence-corrected chi connectivity index (χ0v) is 14.0. The Labute approximate surface area is 140 Å². The summed E-state index contributed by atoms with van der Waals surface area (Å²) in [5.74, 6) is 1.29. The molecule has 5 nitrogen and oxygen atoms in total. The first-order valence-corrected chi connectivity index (χ1v) is 9.00. The molecule has 1 atom stereocenters. The molecular formula is C16H16ClNO4S. The van der Waals surface area contributed by atoms with Crippen LogP contribution in [0.4, 0.5) is 0 Å². The lowest BCUT2D eigenvalue weighted by Gasteiger charge is -2.21. The Balaban J connectivity index is 1.84. The second-order valence-corrected chi connectivity index (χ2v) is 7.27. The number of nitrogens with one attached hydrogen (secondary N) is 1. The minimum Gasteiger partial charge on any atom is -0.486 e. The molecule has 1 aliphatic heterocycles. The van der Waals surface area contributed by atoms with Crippen LogP contribution in [0.5, 0.6) is 11.5 Å². The number of benzene rings is 2. The normalized spacial score (nSPS) is 15.2. The first-order valence-electron chi connectivity index (χ1n) is 7.14. The van der Waals surface area contributed by atoms with Crippen LogP contribution in [0.25, 0.3) is 0 Å². The molecule has 0 saturated heterocycles. The molecule has 2 aromatic carbocycles. The average Bonchev–Trinajstić information content (AvgIpc) is 2.54. The minimum absolute atomic E-state index is 0.0612. The number of hydrogen-bond donors (Lipinski definition) is 1. The Morgan fingerprint density at radius 2 is 1.78 bits per heavy atom. The quantitative estimate of drug-likeness (QED) is 0.917. The van der Waals surface area contributed by atoms with Crippen LogP contribution in [0, 0.1) is 0 Å². The van der Waals surface area contributed by atoms with Crippen molar-refractivity contribution in [3.8, 4) is 11.5 Å². The van der Waals surface area contributed by atoms with Crippen molar-refractivity contribution in [2.45, 2.75) is 17.9 Å². The molecule has 1 unspecified atom stereocenters. The van der Waals surface area contributed by atoms with Gasteiger partial charge in [-0.25, -0.2) is 13.1 Å². The van der Waals surface area contributed by atoms with E-state index >= 15 is 0 Å². The molecule has 0 amide bonds. The van der Waals surface area contributed by atoms with E-state index in [-0.39, 0.29) is 9.92 Å². The molecule has 23 heavy (non-hydrogen) atoms. The summed E-state index contributed by atoms with van der Waals surface area (Å²) >= 11 is 5.98. The van der Waals surface area contributed by atoms with Crippen molar-refractivity contribution in [3.05, 3.63) is 53.1 Å². The van der Waals surface area contributed by atoms with Gasteiger partial charge in [-0.05, 0) is 36.8 Å². The predicted octanol–water partition coefficient (Wildman–Crippen LogP) is 3.15. The summed E-state index contributed by atoms with van der Waals surface area (Å²) in [7, 11) is -3.71. The molecule has 0 spiro atoms. The van der Waals surface area contributed by atoms with Gasteiger partial charge in [-0.15, -0.1) is 0 Å². The SMILES string of the molecule is CC(NS(=O)(=O)c1ccccc1Cl)c1ccc2c(c1)OCCO2. The van der Waals surface area contributed by atoms with Gasteiger partial charge in [0.25, 0.3) is 0 Å². The molecule has 122 valence electrons. The topological polar surface area (TPSA) is 64.6 Å². The summed E-state index contributed by atoms with van der Waals surface area (Å²) in [5, 5.41) is 0.189. The number of hydrogen-bond acceptors (Lipinski definition) is 4. The lowest BCUT2D eigenvalue weighted by molar-refractivity contribution is 0.171. The van der Waals surface area contributed by atoms with Crippen LogP contribution in [0.2, 0.25) is 5.02 Å². The number of fused-ring (bicyclic) bond motifs is 1. The van der Waals surface area contributed by atoms with Gasteiger partial charge in [-0.2, -0.15) is 0 Å². The first kappa shape index (κ1) is 16.1. The predicted molar refractivity (Wildman–Crippen MR) is 87.6 cm³/mol. The average molecular weight is 354 g/mol. The van der Waals surface area contributed by atoms with Crippen LogP contribution < -0.4 is 14.2 Å². The second-order valence-electron chi connectivity index (χ2n) is 5.18. The Hall–Kier alpha value is -1.76. The largest absolute Gasteiger partial charge is 0.486 e. The van der Waals surface area contributed by atoms with Crippen molar-refractivity contribution in [2.75, 3.05) is 13.2 Å². The van der Waals surface area contributed by atoms with Gasteiger partial charge in [0, 0.05) is 6.04 Å². The fourth-order valence-electron chi connectivity index (χ4n) is 2.36. The van der Waals surface area contributed by atoms with Gasteiger partial charge in [0.2, 0.25) is 10.0 Å². The van der Waals surface area contributed by atoms with Crippen LogP contribution in [0.15, 0.2) is 47.4 Å². The molecule has 0 bridgehead atoms. The standard InChI is InChI=1S/C16H16ClNO4S/c1-11(12-6-7-14-15(10-12)22-9-8-21-14)18-23(19,20)16-5-3-2-4-13(16)17/h2-7,10-11,18H,8-9H2,1H3. The molecule has 1 N–H and O–H groups in total. The monoisotopic (exact) mass is 353 g/mol. The highest BCUT2D eigenvalue weighted by Gasteiger charge is 2.22. The lowest BCUT2D eigenvalue weighted by Crippen LogP contribution is -2.27. The van der Waals surface area contributed by atoms with Crippen molar-refractivity contribution in [1.82, 2.24) is 4.72 Å². The maximum atomic E-state index is 12.5. The fraction of sp³-hybridized carbons (Fsp3) is 0.250. The van der Waals surface area contributed by atoms with Crippen LogP contribution in [-0.2, 0) is 10.0 Å². The van der Waals surface area contributed by atoms with E-state index < -0.39 is 16.1 Å². The van der Waals surface area contributed by atoms with Gasteiger partial charge < -0.3 is 9.47 Å². The summed E-state index contributed by atoms with van der Waals surface area (Å²) in [6, 6.07) is 11.3. The molecular weight excluding hydrogens is 338 g/mol. The van der Waals surface area contributed by atoms with Gasteiger partial charge in [-0.3, -0.25) is 0 Å². The van der Waals surface area contributed by atoms with Crippen molar-refractivity contribution in [1.29, 1.82) is 0 Å². The maximum Gasteiger partial charge on any atom is 0.242 e. The fourth-order valence-corrected chi connectivity index (χ4v) is 4.11. The number of halogens is 1. The number of rotatable bonds is 4. The van der Waals surface area contributed by atoms with Crippen LogP contribution in [-0.4, -0.2) is 21.6 Å². The zero-order chi connectivity index (χ0) is 16.4. The van der Waals surface area contributed by atoms with Crippen molar-refractivity contribution < 1.29 is 17.9 Å². The third-order valence-corrected chi connectivity index (χ3v) is 5.56. The molecule has 7 heteroatoms. The Morgan fingerprint density at radius 3 is 2.52 bits per heavy atom. The van der Waals surface area contributed by atoms with E-state index in [0.717, 1.165) is 5.56 Å². The van der Waals surface area contributed by atoms with E-state index in [4.69, 9.17) is 21.1 Å². The Morgan fingerprint density at radius 1 is 1.09 bits per heavy atom. The smallest absolute Gasteiger partial charge is 0.242 e. The van der Waals surface area contributed by atoms with Crippen molar-refractivity contribution in [2.24, 2.45) is 0 Å². The molecule has 2 aromatic rings. The van der Waals surface area contributed by atoms with Crippen LogP contribution in [0.3, 0.4) is 0 Å². The van der Waals surface area contributed by atoms with E-state index in [2.05, 4.69) is 4.72 Å². The molecule has 0 aromatic heterocycles. The minimum atomic E-state index is -3.71. The number of ether oxygens (including phenoxy) is 2. The van der Waals surface area contributed by atoms with Gasteiger partial charge in [0.05, 0.1) is 5.02 Å². The van der Waals surface area contributed by atoms with Crippen LogP contribution >= 0.6 is 11.6 Å². The highest BCUT2D eigenvalue weighted by molar-refractivity contribution is 7.89. The van der Waals surface area contributed by atoms with E-state index in [1.54, 1.807) is 37.3 Å². The van der Waals surface area contributed by atoms with E-state index in [9.17, 15) is 8.42 Å². The molecule has 1 aliphatic rings. The zero-order valence-electron chi connectivity index (χ0n) is 12.5. The molecule has 3 rings (SSSR count). The Kier molecular flexibility index (Phi) is 4.48. The summed E-state index contributed by atoms with van der Waals surface area (Å²) in [6.45, 7) is 2.76. The van der Waals surface area contributed by atoms with Gasteiger partial charge in [0.15, 0.2) is 11.5 Å². The summed E-state index contributed by atoms with van der Waals surface area (Å²) < 4.78 is 38.6. The second kappa shape index (κ2) is 6.39.